The van der Waals surface area contributed by atoms with Crippen molar-refractivity contribution in [3.63, 3.8) is 0 Å². The maximum Gasteiger partial charge on any atom is 0.509 e. The third-order valence-electron chi connectivity index (χ3n) is 23.2. The summed E-state index contributed by atoms with van der Waals surface area (Å²) in [6.45, 7) is 15.0. The number of rotatable bonds is 53. The quantitative estimate of drug-likeness (QED) is 0.0151. The van der Waals surface area contributed by atoms with Gasteiger partial charge in [0.05, 0.1) is 71.8 Å². The highest BCUT2D eigenvalue weighted by Crippen LogP contribution is 2.38. The van der Waals surface area contributed by atoms with Crippen LogP contribution in [0.25, 0.3) is 0 Å². The molecule has 782 valence electrons. The molecule has 0 aromatic heterocycles. The van der Waals surface area contributed by atoms with Crippen molar-refractivity contribution in [1.29, 1.82) is 0 Å². The van der Waals surface area contributed by atoms with E-state index >= 15 is 24.0 Å². The topological polar surface area (TPSA) is 591 Å². The number of fused-ring (bicyclic) bond motifs is 2. The molecule has 45 heteroatoms. The molecule has 5 saturated heterocycles. The SMILES string of the molecule is C=CCOC(=O)[C@@H](NC(=O)[C@H](CC(C)C)NC(=O)[C@H](CC(=O)O)NC(=O)[C@H](COCc1ccccc1)NC(=O)[C@@H](NC(=O)[C@H](CC(=O)N[C@@H]1O[C@H](CO[C@@H]2O[C@H](CO[C@@H]3O[C@H](CO)[C@@H]4OC(=O)O[C@@H]4[C@H]3OC(C)=O)[C@@H]3OC(=O)O[C@@H]3[C@H]2OC(C)=O)[C@H](OCc2ccccc2)[C@H](OCc2ccccc2)[C@H]1NC(C)=O)NC(=O)[C@@H](NC(=O)[C@H](C)NC(=O)OCc1ccccc1)C(C)C)C(C)C)[C@@H](C)OCc1ccccc1. The highest BCUT2D eigenvalue weighted by molar-refractivity contribution is 6.00. The van der Waals surface area contributed by atoms with Crippen molar-refractivity contribution in [2.45, 2.75) is 275 Å². The second kappa shape index (κ2) is 55.3. The lowest BCUT2D eigenvalue weighted by Crippen LogP contribution is -2.69. The van der Waals surface area contributed by atoms with Gasteiger partial charge in [-0.1, -0.05) is 206 Å². The maximum atomic E-state index is 15.7. The second-order valence-corrected chi connectivity index (χ2v) is 35.8. The molecule has 144 heavy (non-hydrogen) atoms. The largest absolute Gasteiger partial charge is 0.509 e. The first-order chi connectivity index (χ1) is 68.8. The number of carboxylic acid groups (broad SMARTS) is 1. The fourth-order valence-electron chi connectivity index (χ4n) is 16.1. The number of aliphatic hydroxyl groups excluding tert-OH is 1. The molecule has 0 aliphatic carbocycles. The van der Waals surface area contributed by atoms with Crippen LogP contribution in [0.2, 0.25) is 0 Å². The van der Waals surface area contributed by atoms with E-state index in [1.165, 1.54) is 47.6 Å². The third-order valence-corrected chi connectivity index (χ3v) is 23.2. The Morgan fingerprint density at radius 2 is 0.847 bits per heavy atom. The van der Waals surface area contributed by atoms with E-state index in [2.05, 4.69) is 59.7 Å². The summed E-state index contributed by atoms with van der Waals surface area (Å²) in [6.07, 6.45) is -27.1. The highest BCUT2D eigenvalue weighted by Gasteiger charge is 2.60. The molecule has 5 aromatic rings. The monoisotopic (exact) mass is 2010 g/mol. The fraction of sp³-hybridized carbons (Fsp3) is 0.515. The number of carboxylic acids is 1. The van der Waals surface area contributed by atoms with Gasteiger partial charge in [0, 0.05) is 20.8 Å². The van der Waals surface area contributed by atoms with Crippen LogP contribution in [0.5, 0.6) is 0 Å². The molecule has 0 spiro atoms. The van der Waals surface area contributed by atoms with Gasteiger partial charge in [0.1, 0.15) is 92.1 Å². The summed E-state index contributed by atoms with van der Waals surface area (Å²) in [7, 11) is 0. The van der Waals surface area contributed by atoms with Gasteiger partial charge in [-0.15, -0.1) is 0 Å². The summed E-state index contributed by atoms with van der Waals surface area (Å²) in [4.78, 5) is 225. The Morgan fingerprint density at radius 3 is 1.34 bits per heavy atom. The first-order valence-corrected chi connectivity index (χ1v) is 47.0. The molecule has 24 atom stereocenters. The van der Waals surface area contributed by atoms with E-state index < -0.39 is 293 Å². The van der Waals surface area contributed by atoms with Gasteiger partial charge in [-0.25, -0.2) is 19.2 Å². The van der Waals surface area contributed by atoms with Crippen LogP contribution in [0.1, 0.15) is 123 Å². The summed E-state index contributed by atoms with van der Waals surface area (Å²) in [6, 6.07) is 27.9. The number of benzene rings is 5. The van der Waals surface area contributed by atoms with Crippen LogP contribution >= 0.6 is 0 Å². The number of carbonyl (C=O) groups is 16. The molecular weight excluding hydrogens is 1890 g/mol. The van der Waals surface area contributed by atoms with Crippen LogP contribution in [0, 0.1) is 17.8 Å². The van der Waals surface area contributed by atoms with Gasteiger partial charge in [0.15, 0.2) is 61.5 Å². The van der Waals surface area contributed by atoms with Crippen molar-refractivity contribution in [2.24, 2.45) is 17.8 Å². The minimum Gasteiger partial charge on any atom is -0.481 e. The Labute approximate surface area is 830 Å². The molecule has 45 nitrogen and oxygen atoms in total. The predicted octanol–water partition coefficient (Wildman–Crippen LogP) is 3.13. The maximum absolute atomic E-state index is 15.7. The average molecular weight is 2020 g/mol. The van der Waals surface area contributed by atoms with Crippen LogP contribution in [-0.2, 0) is 176 Å². The molecule has 10 rings (SSSR count). The van der Waals surface area contributed by atoms with Crippen LogP contribution in [0.3, 0.4) is 0 Å². The Kier molecular flexibility index (Phi) is 43.1. The lowest BCUT2D eigenvalue weighted by Gasteiger charge is -2.47. The van der Waals surface area contributed by atoms with Gasteiger partial charge in [0.25, 0.3) is 0 Å². The van der Waals surface area contributed by atoms with Crippen LogP contribution in [0.4, 0.5) is 14.4 Å². The van der Waals surface area contributed by atoms with Crippen molar-refractivity contribution in [1.82, 2.24) is 53.2 Å². The zero-order chi connectivity index (χ0) is 104. The standard InChI is InChI=1S/C99H126N10O35/c1-13-39-129-94(124)76(56(9)130-45-61-31-21-15-22-32-61)109-88(119)65(40-52(2)3)102-87(118)67(42-73(115)116)103-90(121)68(49-128-44-60-29-19-14-20-30-60)105-92(123)75(54(6)7)108-89(120)66(104-91(122)74(53(4)5)107-86(117)55(8)100-97(125)135-48-64-37-27-18-28-38-64)41-72(114)106-93-77(101-57(10)111)81(132-47-63-35-25-17-26-36-63)78(131-46-62-33-23-16-24-34-62)70(138-93)50-133-96-85(137-59(12)113)83-80(142-99(127)144-83)71(140-96)51-134-95-84(136-58(11)112)82-79(69(43-110)139-95)141-98(126)143-82/h13-38,52-56,65-71,74-85,93,95-96,110H,1,39-51H2,2-12H3,(H,100,125)(H,101,111)(H,102,118)(H,103,121)(H,104,122)(H,105,123)(H,106,114)(H,107,117)(H,108,120)(H,109,119)(H,115,116)/t55-,56+,65-,66-,67-,68-,69+,70+,71+,74-,75-,76-,77+,78-,79-,80-,81+,82-,83-,84+,85+,93+,95+,96+/m0/s1. The first kappa shape index (κ1) is 112. The third kappa shape index (κ3) is 33.8. The number of ether oxygens (including phenoxy) is 17. The van der Waals surface area contributed by atoms with Gasteiger partial charge in [-0.3, -0.25) is 57.5 Å². The average Bonchev–Trinajstić information content (AvgIpc) is 1.41. The highest BCUT2D eigenvalue weighted by atomic mass is 16.8. The molecule has 0 unspecified atom stereocenters. The van der Waals surface area contributed by atoms with Gasteiger partial charge in [-0.2, -0.15) is 0 Å². The lowest BCUT2D eigenvalue weighted by molar-refractivity contribution is -0.322. The zero-order valence-electron chi connectivity index (χ0n) is 81.4. The summed E-state index contributed by atoms with van der Waals surface area (Å²) < 4.78 is 102. The van der Waals surface area contributed by atoms with E-state index in [-0.39, 0.29) is 52.0 Å². The van der Waals surface area contributed by atoms with Crippen molar-refractivity contribution in [3.05, 3.63) is 192 Å². The Bertz CT molecular complexity index is 5150. The Morgan fingerprint density at radius 1 is 0.424 bits per heavy atom. The molecule has 5 aromatic carbocycles. The smallest absolute Gasteiger partial charge is 0.481 e. The summed E-state index contributed by atoms with van der Waals surface area (Å²) in [5.74, 6) is -16.5. The molecule has 12 N–H and O–H groups in total. The summed E-state index contributed by atoms with van der Waals surface area (Å²) in [5, 5.41) is 46.5. The van der Waals surface area contributed by atoms with Crippen molar-refractivity contribution in [3.8, 4) is 0 Å². The normalized spacial score (nSPS) is 23.3. The summed E-state index contributed by atoms with van der Waals surface area (Å²) >= 11 is 0. The number of carbonyl (C=O) groups excluding carboxylic acids is 15. The van der Waals surface area contributed by atoms with E-state index in [1.807, 2.05) is 0 Å². The lowest BCUT2D eigenvalue weighted by atomic mass is 9.94. The van der Waals surface area contributed by atoms with Gasteiger partial charge < -0.3 is 144 Å². The van der Waals surface area contributed by atoms with Crippen molar-refractivity contribution < 1.29 is 167 Å². The van der Waals surface area contributed by atoms with Gasteiger partial charge in [-0.05, 0) is 65.8 Å². The number of aliphatic hydroxyl groups is 1. The molecule has 10 amide bonds. The minimum absolute atomic E-state index is 0.00356. The number of nitrogens with one attached hydrogen (secondary N) is 10. The van der Waals surface area contributed by atoms with Crippen molar-refractivity contribution in [2.75, 3.05) is 33.0 Å². The number of amides is 10. The van der Waals surface area contributed by atoms with E-state index in [4.69, 9.17) is 80.5 Å². The molecule has 0 bridgehead atoms. The van der Waals surface area contributed by atoms with Crippen molar-refractivity contribution >= 4 is 95.4 Å². The Balaban J connectivity index is 0.968. The number of hydrogen-bond acceptors (Lipinski definition) is 34. The fourth-order valence-corrected chi connectivity index (χ4v) is 16.1. The molecular formula is C99H126N10O35. The first-order valence-electron chi connectivity index (χ1n) is 47.0. The molecule has 5 fully saturated rings. The molecule has 0 radical (unpaired) electrons. The number of esters is 3. The Hall–Kier alpha value is -13.6. The molecule has 5 aliphatic rings. The van der Waals surface area contributed by atoms with E-state index in [1.54, 1.807) is 166 Å². The molecule has 0 saturated carbocycles. The molecule has 5 heterocycles. The van der Waals surface area contributed by atoms with E-state index in [0.717, 1.165) is 26.3 Å². The second-order valence-electron chi connectivity index (χ2n) is 35.8. The van der Waals surface area contributed by atoms with Crippen LogP contribution in [0.15, 0.2) is 164 Å². The predicted molar refractivity (Wildman–Crippen MR) is 499 cm³/mol. The van der Waals surface area contributed by atoms with Gasteiger partial charge >= 0.3 is 42.3 Å². The van der Waals surface area contributed by atoms with E-state index in [0.29, 0.717) is 22.3 Å². The van der Waals surface area contributed by atoms with Crippen LogP contribution < -0.4 is 53.2 Å². The number of aliphatic carboxylic acids is 1. The summed E-state index contributed by atoms with van der Waals surface area (Å²) in [5.41, 5.74) is 3.08. The van der Waals surface area contributed by atoms with Gasteiger partial charge in [0.2, 0.25) is 53.2 Å². The number of alkyl carbamates (subject to hydrolysis) is 1. The van der Waals surface area contributed by atoms with E-state index in [9.17, 15) is 63.0 Å². The van der Waals surface area contributed by atoms with Crippen LogP contribution in [-0.4, -0.2) is 285 Å². The molecule has 5 aliphatic heterocycles. The zero-order valence-corrected chi connectivity index (χ0v) is 81.4. The number of hydrogen-bond donors (Lipinski definition) is 12. The minimum atomic E-state index is -2.14.